The lowest BCUT2D eigenvalue weighted by molar-refractivity contribution is 0.272. The minimum atomic E-state index is -0.417. The predicted molar refractivity (Wildman–Crippen MR) is 123 cm³/mol. The van der Waals surface area contributed by atoms with Gasteiger partial charge in [-0.05, 0) is 36.2 Å². The van der Waals surface area contributed by atoms with Gasteiger partial charge in [-0.2, -0.15) is 10.1 Å². The van der Waals surface area contributed by atoms with E-state index < -0.39 is 5.69 Å². The first-order valence-corrected chi connectivity index (χ1v) is 10.3. The molecule has 0 fully saturated rings. The first kappa shape index (κ1) is 20.6. The third-order valence-corrected chi connectivity index (χ3v) is 4.79. The molecular weight excluding hydrogens is 392 g/mol. The zero-order chi connectivity index (χ0) is 21.8. The molecule has 2 aromatic heterocycles. The van der Waals surface area contributed by atoms with Gasteiger partial charge in [0.05, 0.1) is 23.5 Å². The molecular formula is C23H26N6O2. The molecule has 4 aromatic rings. The number of nitrogens with one attached hydrogen (secondary N) is 3. The third-order valence-electron chi connectivity index (χ3n) is 4.79. The number of anilines is 1. The Hall–Kier alpha value is -3.65. The molecule has 2 heterocycles. The van der Waals surface area contributed by atoms with Gasteiger partial charge in [0, 0.05) is 29.6 Å². The lowest BCUT2D eigenvalue weighted by Gasteiger charge is -2.13. The molecule has 0 aliphatic carbocycles. The van der Waals surface area contributed by atoms with Crippen molar-refractivity contribution in [2.45, 2.75) is 13.8 Å². The summed E-state index contributed by atoms with van der Waals surface area (Å²) in [5.74, 6) is 1.84. The Morgan fingerprint density at radius 1 is 1.16 bits per heavy atom. The zero-order valence-electron chi connectivity index (χ0n) is 17.6. The van der Waals surface area contributed by atoms with E-state index in [9.17, 15) is 4.79 Å². The summed E-state index contributed by atoms with van der Waals surface area (Å²) in [5, 5.41) is 11.4. The van der Waals surface area contributed by atoms with Crippen molar-refractivity contribution in [3.05, 3.63) is 59.0 Å². The third kappa shape index (κ3) is 4.59. The lowest BCUT2D eigenvalue weighted by atomic mass is 10.1. The van der Waals surface area contributed by atoms with Gasteiger partial charge in [0.25, 0.3) is 0 Å². The molecule has 8 heteroatoms. The van der Waals surface area contributed by atoms with Crippen molar-refractivity contribution in [1.82, 2.24) is 20.2 Å². The smallest absolute Gasteiger partial charge is 0.345 e. The molecule has 5 N–H and O–H groups in total. The number of fused-ring (bicyclic) bond motifs is 1. The monoisotopic (exact) mass is 418 g/mol. The summed E-state index contributed by atoms with van der Waals surface area (Å²) in [6.45, 7) is 5.90. The second-order valence-corrected chi connectivity index (χ2v) is 7.73. The van der Waals surface area contributed by atoms with Gasteiger partial charge in [-0.25, -0.2) is 4.79 Å². The quantitative estimate of drug-likeness (QED) is 0.348. The number of ether oxygens (including phenoxy) is 1. The average molecular weight is 419 g/mol. The number of rotatable bonds is 8. The molecule has 2 aromatic carbocycles. The summed E-state index contributed by atoms with van der Waals surface area (Å²) in [5.41, 5.74) is 8.93. The normalized spacial score (nSPS) is 11.2. The average Bonchev–Trinajstić information content (AvgIpc) is 3.18. The summed E-state index contributed by atoms with van der Waals surface area (Å²) < 4.78 is 5.97. The molecule has 0 atom stereocenters. The van der Waals surface area contributed by atoms with E-state index in [2.05, 4.69) is 39.3 Å². The van der Waals surface area contributed by atoms with E-state index in [1.165, 1.54) is 0 Å². The Kier molecular flexibility index (Phi) is 5.99. The molecule has 0 aliphatic rings. The van der Waals surface area contributed by atoms with Crippen molar-refractivity contribution >= 4 is 16.7 Å². The first-order valence-electron chi connectivity index (χ1n) is 10.3. The first-order chi connectivity index (χ1) is 15.0. The van der Waals surface area contributed by atoms with Crippen LogP contribution in [-0.4, -0.2) is 39.9 Å². The van der Waals surface area contributed by atoms with Crippen LogP contribution in [0.25, 0.3) is 33.4 Å². The number of para-hydroxylation sites is 1. The lowest BCUT2D eigenvalue weighted by Crippen LogP contribution is -2.13. The summed E-state index contributed by atoms with van der Waals surface area (Å²) >= 11 is 0. The van der Waals surface area contributed by atoms with E-state index in [0.29, 0.717) is 37.0 Å². The van der Waals surface area contributed by atoms with E-state index in [1.807, 2.05) is 48.5 Å². The highest BCUT2D eigenvalue weighted by atomic mass is 16.5. The highest BCUT2D eigenvalue weighted by Crippen LogP contribution is 2.31. The molecule has 0 amide bonds. The van der Waals surface area contributed by atoms with E-state index in [0.717, 1.165) is 33.6 Å². The van der Waals surface area contributed by atoms with Gasteiger partial charge >= 0.3 is 5.69 Å². The molecule has 0 spiro atoms. The fourth-order valence-corrected chi connectivity index (χ4v) is 3.32. The SMILES string of the molecule is CC(C)COc1ccccc1-c1cc(-c2ccc3[nH]nc(NCCN)c3c2)nc(=O)[nH]1. The van der Waals surface area contributed by atoms with Crippen LogP contribution in [0.3, 0.4) is 0 Å². The van der Waals surface area contributed by atoms with Gasteiger partial charge in [-0.3, -0.25) is 5.10 Å². The Bertz CT molecular complexity index is 1240. The summed E-state index contributed by atoms with van der Waals surface area (Å²) in [6, 6.07) is 15.3. The topological polar surface area (TPSA) is 122 Å². The van der Waals surface area contributed by atoms with Gasteiger partial charge in [0.1, 0.15) is 5.75 Å². The van der Waals surface area contributed by atoms with E-state index in [4.69, 9.17) is 10.5 Å². The maximum Gasteiger partial charge on any atom is 0.345 e. The number of H-pyrrole nitrogens is 2. The minimum absolute atomic E-state index is 0.392. The summed E-state index contributed by atoms with van der Waals surface area (Å²) in [6.07, 6.45) is 0. The van der Waals surface area contributed by atoms with Gasteiger partial charge in [0.15, 0.2) is 5.82 Å². The van der Waals surface area contributed by atoms with Crippen LogP contribution in [0.5, 0.6) is 5.75 Å². The molecule has 4 rings (SSSR count). The molecule has 8 nitrogen and oxygen atoms in total. The second-order valence-electron chi connectivity index (χ2n) is 7.73. The number of hydrogen-bond acceptors (Lipinski definition) is 6. The molecule has 31 heavy (non-hydrogen) atoms. The van der Waals surface area contributed by atoms with Gasteiger partial charge in [0.2, 0.25) is 0 Å². The summed E-state index contributed by atoms with van der Waals surface area (Å²) in [4.78, 5) is 19.4. The van der Waals surface area contributed by atoms with Crippen LogP contribution in [0.1, 0.15) is 13.8 Å². The number of benzene rings is 2. The highest BCUT2D eigenvalue weighted by Gasteiger charge is 2.13. The highest BCUT2D eigenvalue weighted by molar-refractivity contribution is 5.93. The van der Waals surface area contributed by atoms with Crippen molar-refractivity contribution in [2.24, 2.45) is 11.7 Å². The summed E-state index contributed by atoms with van der Waals surface area (Å²) in [7, 11) is 0. The van der Waals surface area contributed by atoms with Crippen LogP contribution in [-0.2, 0) is 0 Å². The number of nitrogens with zero attached hydrogens (tertiary/aromatic N) is 2. The van der Waals surface area contributed by atoms with Gasteiger partial charge in [-0.1, -0.05) is 32.0 Å². The van der Waals surface area contributed by atoms with Crippen molar-refractivity contribution in [3.8, 4) is 28.3 Å². The Balaban J connectivity index is 1.75. The van der Waals surface area contributed by atoms with Crippen LogP contribution in [0.2, 0.25) is 0 Å². The van der Waals surface area contributed by atoms with Crippen LogP contribution >= 0.6 is 0 Å². The Morgan fingerprint density at radius 2 is 2.00 bits per heavy atom. The van der Waals surface area contributed by atoms with Crippen LogP contribution < -0.4 is 21.5 Å². The largest absolute Gasteiger partial charge is 0.493 e. The fourth-order valence-electron chi connectivity index (χ4n) is 3.32. The predicted octanol–water partition coefficient (Wildman–Crippen LogP) is 3.39. The van der Waals surface area contributed by atoms with E-state index >= 15 is 0 Å². The van der Waals surface area contributed by atoms with E-state index in [-0.39, 0.29) is 0 Å². The molecule has 0 saturated carbocycles. The standard InChI is InChI=1S/C23H26N6O2/c1-14(2)13-31-21-6-4-3-5-16(21)20-12-19(26-23(30)27-20)15-7-8-18-17(11-15)22(29-28-18)25-10-9-24/h3-8,11-12,14H,9-10,13,24H2,1-2H3,(H2,25,28,29)(H,26,27,30). The maximum absolute atomic E-state index is 12.4. The molecule has 0 radical (unpaired) electrons. The number of aromatic nitrogens is 4. The van der Waals surface area contributed by atoms with Crippen LogP contribution in [0, 0.1) is 5.92 Å². The molecule has 0 aliphatic heterocycles. The van der Waals surface area contributed by atoms with Crippen molar-refractivity contribution in [2.75, 3.05) is 25.0 Å². The number of hydrogen-bond donors (Lipinski definition) is 4. The second kappa shape index (κ2) is 9.01. The van der Waals surface area contributed by atoms with Crippen molar-refractivity contribution in [3.63, 3.8) is 0 Å². The van der Waals surface area contributed by atoms with Crippen LogP contribution in [0.4, 0.5) is 5.82 Å². The Labute approximate surface area is 179 Å². The molecule has 160 valence electrons. The van der Waals surface area contributed by atoms with Crippen LogP contribution in [0.15, 0.2) is 53.3 Å². The molecule has 0 saturated heterocycles. The Morgan fingerprint density at radius 3 is 2.81 bits per heavy atom. The number of aromatic amines is 2. The van der Waals surface area contributed by atoms with Crippen molar-refractivity contribution < 1.29 is 4.74 Å². The maximum atomic E-state index is 12.4. The zero-order valence-corrected chi connectivity index (χ0v) is 17.6. The van der Waals surface area contributed by atoms with Gasteiger partial charge in [-0.15, -0.1) is 0 Å². The molecule has 0 bridgehead atoms. The number of nitrogens with two attached hydrogens (primary N) is 1. The van der Waals surface area contributed by atoms with Gasteiger partial charge < -0.3 is 20.8 Å². The van der Waals surface area contributed by atoms with Crippen molar-refractivity contribution in [1.29, 1.82) is 0 Å². The fraction of sp³-hybridized carbons (Fsp3) is 0.261. The van der Waals surface area contributed by atoms with E-state index in [1.54, 1.807) is 0 Å². The molecule has 0 unspecified atom stereocenters. The minimum Gasteiger partial charge on any atom is -0.493 e.